The molecule has 1 amide bonds. The van der Waals surface area contributed by atoms with Gasteiger partial charge in [-0.25, -0.2) is 0 Å². The van der Waals surface area contributed by atoms with Crippen molar-refractivity contribution in [3.8, 4) is 0 Å². The van der Waals surface area contributed by atoms with Gasteiger partial charge in [-0.15, -0.1) is 0 Å². The van der Waals surface area contributed by atoms with E-state index in [2.05, 4.69) is 16.7 Å². The predicted octanol–water partition coefficient (Wildman–Crippen LogP) is 2.57. The van der Waals surface area contributed by atoms with E-state index in [1.807, 2.05) is 37.3 Å². The van der Waals surface area contributed by atoms with Crippen LogP contribution in [0.4, 0.5) is 0 Å². The van der Waals surface area contributed by atoms with Crippen LogP contribution in [0.5, 0.6) is 0 Å². The second kappa shape index (κ2) is 6.14. The molecule has 110 valence electrons. The van der Waals surface area contributed by atoms with Crippen LogP contribution < -0.4 is 10.6 Å². The van der Waals surface area contributed by atoms with Gasteiger partial charge in [0.1, 0.15) is 11.3 Å². The Bertz CT molecular complexity index is 639. The molecule has 2 aromatic rings. The van der Waals surface area contributed by atoms with E-state index in [1.165, 1.54) is 5.57 Å². The van der Waals surface area contributed by atoms with Crippen LogP contribution in [0.1, 0.15) is 25.0 Å². The average molecular weight is 284 g/mol. The fraction of sp³-hybridized carbons (Fsp3) is 0.353. The molecule has 0 bridgehead atoms. The lowest BCUT2D eigenvalue weighted by Gasteiger charge is -2.16. The number of carbonyl (C=O) groups excluding carboxylic acids is 1. The Balaban J connectivity index is 1.64. The van der Waals surface area contributed by atoms with E-state index in [0.717, 1.165) is 30.5 Å². The summed E-state index contributed by atoms with van der Waals surface area (Å²) < 4.78 is 5.76. The lowest BCUT2D eigenvalue weighted by molar-refractivity contribution is -0.122. The van der Waals surface area contributed by atoms with Crippen LogP contribution in [0.3, 0.4) is 0 Å². The van der Waals surface area contributed by atoms with Crippen molar-refractivity contribution in [2.24, 2.45) is 0 Å². The molecule has 0 spiro atoms. The van der Waals surface area contributed by atoms with E-state index in [1.54, 1.807) is 0 Å². The molecule has 1 aliphatic heterocycles. The van der Waals surface area contributed by atoms with Crippen LogP contribution >= 0.6 is 0 Å². The van der Waals surface area contributed by atoms with E-state index in [9.17, 15) is 4.79 Å². The lowest BCUT2D eigenvalue weighted by atomic mass is 10.1. The molecule has 0 saturated heterocycles. The van der Waals surface area contributed by atoms with Gasteiger partial charge in [0.15, 0.2) is 0 Å². The zero-order valence-corrected chi connectivity index (χ0v) is 12.2. The van der Waals surface area contributed by atoms with E-state index < -0.39 is 0 Å². The highest BCUT2D eigenvalue weighted by atomic mass is 16.3. The second-order valence-electron chi connectivity index (χ2n) is 5.44. The summed E-state index contributed by atoms with van der Waals surface area (Å²) in [6.07, 6.45) is 3.15. The van der Waals surface area contributed by atoms with Crippen molar-refractivity contribution < 1.29 is 9.21 Å². The largest absolute Gasteiger partial charge is 0.460 e. The Morgan fingerprint density at radius 1 is 1.43 bits per heavy atom. The molecule has 4 nitrogen and oxygen atoms in total. The minimum absolute atomic E-state index is 0.00786. The van der Waals surface area contributed by atoms with Crippen LogP contribution in [0.25, 0.3) is 11.0 Å². The Labute approximate surface area is 124 Å². The minimum atomic E-state index is -0.278. The summed E-state index contributed by atoms with van der Waals surface area (Å²) in [7, 11) is 0. The topological polar surface area (TPSA) is 54.3 Å². The molecule has 1 atom stereocenters. The van der Waals surface area contributed by atoms with Crippen LogP contribution in [0, 0.1) is 0 Å². The highest BCUT2D eigenvalue weighted by Crippen LogP contribution is 2.25. The monoisotopic (exact) mass is 284 g/mol. The van der Waals surface area contributed by atoms with Gasteiger partial charge in [0.25, 0.3) is 0 Å². The van der Waals surface area contributed by atoms with Gasteiger partial charge in [0.05, 0.1) is 5.92 Å². The van der Waals surface area contributed by atoms with E-state index in [4.69, 9.17) is 4.42 Å². The number of furan rings is 1. The molecule has 0 aliphatic carbocycles. The Morgan fingerprint density at radius 3 is 3.05 bits per heavy atom. The molecule has 2 N–H and O–H groups in total. The van der Waals surface area contributed by atoms with Crippen LogP contribution in [-0.2, 0) is 4.79 Å². The number of carbonyl (C=O) groups is 1. The van der Waals surface area contributed by atoms with Crippen molar-refractivity contribution in [2.45, 2.75) is 19.3 Å². The van der Waals surface area contributed by atoms with E-state index in [-0.39, 0.29) is 11.8 Å². The zero-order chi connectivity index (χ0) is 14.7. The quantitative estimate of drug-likeness (QED) is 0.848. The number of fused-ring (bicyclic) bond motifs is 1. The molecule has 2 heterocycles. The Hall–Kier alpha value is -2.07. The van der Waals surface area contributed by atoms with Gasteiger partial charge in [-0.3, -0.25) is 4.79 Å². The van der Waals surface area contributed by atoms with Crippen LogP contribution in [0.2, 0.25) is 0 Å². The molecule has 0 radical (unpaired) electrons. The van der Waals surface area contributed by atoms with E-state index in [0.29, 0.717) is 12.3 Å². The molecule has 21 heavy (non-hydrogen) atoms. The normalized spacial score (nSPS) is 16.5. The predicted molar refractivity (Wildman–Crippen MR) is 83.2 cm³/mol. The number of rotatable bonds is 4. The number of benzene rings is 1. The number of hydrogen-bond acceptors (Lipinski definition) is 3. The first-order chi connectivity index (χ1) is 10.2. The molecule has 1 aromatic carbocycles. The maximum absolute atomic E-state index is 12.2. The third-order valence-corrected chi connectivity index (χ3v) is 3.91. The number of hydrogen-bond donors (Lipinski definition) is 2. The third kappa shape index (κ3) is 3.16. The van der Waals surface area contributed by atoms with Crippen molar-refractivity contribution >= 4 is 16.9 Å². The molecule has 3 rings (SSSR count). The Morgan fingerprint density at radius 2 is 2.29 bits per heavy atom. The number of nitrogens with one attached hydrogen (secondary N) is 2. The zero-order valence-electron chi connectivity index (χ0n) is 12.2. The molecule has 1 unspecified atom stereocenters. The first-order valence-corrected chi connectivity index (χ1v) is 7.39. The lowest BCUT2D eigenvalue weighted by Crippen LogP contribution is -2.32. The van der Waals surface area contributed by atoms with Gasteiger partial charge >= 0.3 is 0 Å². The minimum Gasteiger partial charge on any atom is -0.460 e. The molecular weight excluding hydrogens is 264 g/mol. The fourth-order valence-corrected chi connectivity index (χ4v) is 2.53. The van der Waals surface area contributed by atoms with Crippen LogP contribution in [0.15, 0.2) is 46.4 Å². The van der Waals surface area contributed by atoms with Crippen molar-refractivity contribution in [1.29, 1.82) is 0 Å². The standard InChI is InChI=1S/C17H20N2O2/c1-12(16-10-14-4-2-3-5-15(14)21-16)17(20)19-11-13-6-8-18-9-7-13/h2-6,10,12,18H,7-9,11H2,1H3,(H,19,20). The highest BCUT2D eigenvalue weighted by Gasteiger charge is 2.19. The average Bonchev–Trinajstić information content (AvgIpc) is 2.97. The third-order valence-electron chi connectivity index (χ3n) is 3.91. The SMILES string of the molecule is CC(C(=O)NCC1=CCNCC1)c1cc2ccccc2o1. The van der Waals surface area contributed by atoms with Gasteiger partial charge < -0.3 is 15.1 Å². The summed E-state index contributed by atoms with van der Waals surface area (Å²) >= 11 is 0. The summed E-state index contributed by atoms with van der Waals surface area (Å²) in [5, 5.41) is 7.30. The van der Waals surface area contributed by atoms with Crippen molar-refractivity contribution in [2.75, 3.05) is 19.6 Å². The summed E-state index contributed by atoms with van der Waals surface area (Å²) in [4.78, 5) is 12.2. The van der Waals surface area contributed by atoms with Crippen molar-refractivity contribution in [3.05, 3.63) is 47.7 Å². The maximum atomic E-state index is 12.2. The van der Waals surface area contributed by atoms with Gasteiger partial charge in [-0.1, -0.05) is 29.8 Å². The smallest absolute Gasteiger partial charge is 0.230 e. The summed E-state index contributed by atoms with van der Waals surface area (Å²) in [5.74, 6) is 0.446. The second-order valence-corrected chi connectivity index (χ2v) is 5.44. The molecule has 1 aliphatic rings. The van der Waals surface area contributed by atoms with Gasteiger partial charge in [-0.05, 0) is 32.0 Å². The van der Waals surface area contributed by atoms with Gasteiger partial charge in [0.2, 0.25) is 5.91 Å². The maximum Gasteiger partial charge on any atom is 0.230 e. The van der Waals surface area contributed by atoms with Crippen molar-refractivity contribution in [1.82, 2.24) is 10.6 Å². The highest BCUT2D eigenvalue weighted by molar-refractivity contribution is 5.85. The first-order valence-electron chi connectivity index (χ1n) is 7.39. The summed E-state index contributed by atoms with van der Waals surface area (Å²) in [5.41, 5.74) is 2.12. The molecule has 0 fully saturated rings. The van der Waals surface area contributed by atoms with Crippen molar-refractivity contribution in [3.63, 3.8) is 0 Å². The van der Waals surface area contributed by atoms with Crippen LogP contribution in [-0.4, -0.2) is 25.5 Å². The number of amides is 1. The van der Waals surface area contributed by atoms with Gasteiger partial charge in [-0.2, -0.15) is 0 Å². The molecular formula is C17H20N2O2. The van der Waals surface area contributed by atoms with E-state index >= 15 is 0 Å². The van der Waals surface area contributed by atoms with Gasteiger partial charge in [0, 0.05) is 18.5 Å². The molecule has 1 aromatic heterocycles. The first kappa shape index (κ1) is 13.9. The fourth-order valence-electron chi connectivity index (χ4n) is 2.53. The summed E-state index contributed by atoms with van der Waals surface area (Å²) in [6, 6.07) is 9.76. The molecule has 4 heteroatoms. The summed E-state index contributed by atoms with van der Waals surface area (Å²) in [6.45, 7) is 4.39. The Kier molecular flexibility index (Phi) is 4.06. The molecule has 0 saturated carbocycles. The number of para-hydroxylation sites is 1.